The Hall–Kier alpha value is -2.02. The van der Waals surface area contributed by atoms with E-state index in [2.05, 4.69) is 59.3 Å². The van der Waals surface area contributed by atoms with Crippen LogP contribution in [0, 0.1) is 0 Å². The molecule has 0 saturated heterocycles. The van der Waals surface area contributed by atoms with Gasteiger partial charge in [-0.05, 0) is 29.3 Å². The van der Waals surface area contributed by atoms with Crippen LogP contribution in [0.2, 0.25) is 0 Å². The third-order valence-electron chi connectivity index (χ3n) is 3.40. The smallest absolute Gasteiger partial charge is 0.0529 e. The largest absolute Gasteiger partial charge is 0.323 e. The van der Waals surface area contributed by atoms with Crippen LogP contribution in [-0.4, -0.2) is 4.40 Å². The summed E-state index contributed by atoms with van der Waals surface area (Å²) in [6, 6.07) is 8.72. The molecule has 0 N–H and O–H groups in total. The zero-order valence-electron chi connectivity index (χ0n) is 8.85. The van der Waals surface area contributed by atoms with E-state index in [-0.39, 0.29) is 0 Å². The summed E-state index contributed by atoms with van der Waals surface area (Å²) in [4.78, 5) is 0. The highest BCUT2D eigenvalue weighted by Gasteiger charge is 2.07. The van der Waals surface area contributed by atoms with Gasteiger partial charge in [0, 0.05) is 23.2 Å². The van der Waals surface area contributed by atoms with Crippen molar-refractivity contribution in [3.8, 4) is 0 Å². The fourth-order valence-electron chi connectivity index (χ4n) is 2.64. The molecule has 0 atom stereocenters. The highest BCUT2D eigenvalue weighted by molar-refractivity contribution is 5.99. The minimum atomic E-state index is 1.05. The molecule has 2 heterocycles. The molecule has 0 aliphatic heterocycles. The van der Waals surface area contributed by atoms with Crippen LogP contribution < -0.4 is 5.22 Å². The highest BCUT2D eigenvalue weighted by atomic mass is 14.9. The van der Waals surface area contributed by atoms with Gasteiger partial charge < -0.3 is 4.40 Å². The normalized spacial score (nSPS) is 14.2. The maximum Gasteiger partial charge on any atom is 0.0529 e. The molecule has 1 aliphatic carbocycles. The van der Waals surface area contributed by atoms with Crippen molar-refractivity contribution < 1.29 is 0 Å². The van der Waals surface area contributed by atoms with Gasteiger partial charge in [0.25, 0.3) is 0 Å². The third kappa shape index (κ3) is 0.904. The van der Waals surface area contributed by atoms with Crippen LogP contribution in [0.5, 0.6) is 0 Å². The van der Waals surface area contributed by atoms with E-state index in [0.717, 1.165) is 6.42 Å². The average molecular weight is 205 g/mol. The summed E-state index contributed by atoms with van der Waals surface area (Å²) in [5, 5.41) is 4.12. The third-order valence-corrected chi connectivity index (χ3v) is 3.40. The van der Waals surface area contributed by atoms with Crippen LogP contribution in [0.1, 0.15) is 12.0 Å². The van der Waals surface area contributed by atoms with E-state index in [4.69, 9.17) is 0 Å². The monoisotopic (exact) mass is 205 g/mol. The number of hydrogen-bond acceptors (Lipinski definition) is 0. The van der Waals surface area contributed by atoms with Crippen LogP contribution in [0.25, 0.3) is 28.4 Å². The molecule has 1 nitrogen and oxygen atoms in total. The number of hydrogen-bond donors (Lipinski definition) is 0. The number of aromatic nitrogens is 1. The van der Waals surface area contributed by atoms with Crippen molar-refractivity contribution in [3.05, 3.63) is 53.5 Å². The molecule has 4 rings (SSSR count). The van der Waals surface area contributed by atoms with Gasteiger partial charge in [0.15, 0.2) is 0 Å². The summed E-state index contributed by atoms with van der Waals surface area (Å²) in [6.45, 7) is 0. The highest BCUT2D eigenvalue weighted by Crippen LogP contribution is 2.22. The van der Waals surface area contributed by atoms with Gasteiger partial charge in [-0.1, -0.05) is 30.4 Å². The minimum absolute atomic E-state index is 1.05. The Bertz CT molecular complexity index is 775. The second-order valence-corrected chi connectivity index (χ2v) is 4.30. The molecule has 0 fully saturated rings. The Balaban J connectivity index is 2.31. The molecule has 0 bridgehead atoms. The van der Waals surface area contributed by atoms with Crippen molar-refractivity contribution in [1.29, 1.82) is 0 Å². The fourth-order valence-corrected chi connectivity index (χ4v) is 2.64. The summed E-state index contributed by atoms with van der Waals surface area (Å²) in [5.74, 6) is 0. The zero-order valence-corrected chi connectivity index (χ0v) is 8.85. The van der Waals surface area contributed by atoms with Crippen LogP contribution in [0.15, 0.2) is 42.7 Å². The molecule has 3 aromatic rings. The summed E-state index contributed by atoms with van der Waals surface area (Å²) >= 11 is 0. The van der Waals surface area contributed by atoms with E-state index in [1.807, 2.05) is 0 Å². The zero-order chi connectivity index (χ0) is 10.5. The molecule has 0 radical (unpaired) electrons. The molecule has 0 unspecified atom stereocenters. The molecule has 1 aliphatic rings. The van der Waals surface area contributed by atoms with E-state index in [0.29, 0.717) is 0 Å². The molecule has 0 spiro atoms. The maximum atomic E-state index is 2.32. The van der Waals surface area contributed by atoms with Gasteiger partial charge in [-0.25, -0.2) is 0 Å². The Kier molecular flexibility index (Phi) is 1.41. The Morgan fingerprint density at radius 2 is 2.06 bits per heavy atom. The maximum absolute atomic E-state index is 2.32. The van der Waals surface area contributed by atoms with Gasteiger partial charge in [-0.15, -0.1) is 0 Å². The first kappa shape index (κ1) is 8.17. The predicted octanol–water partition coefficient (Wildman–Crippen LogP) is 3.01. The average Bonchev–Trinajstić information content (AvgIpc) is 2.88. The van der Waals surface area contributed by atoms with Crippen LogP contribution in [0.4, 0.5) is 0 Å². The van der Waals surface area contributed by atoms with Crippen molar-refractivity contribution in [2.45, 2.75) is 6.42 Å². The van der Waals surface area contributed by atoms with Gasteiger partial charge in [0.2, 0.25) is 0 Å². The second-order valence-electron chi connectivity index (χ2n) is 4.30. The quantitative estimate of drug-likeness (QED) is 0.531. The van der Waals surface area contributed by atoms with E-state index in [1.54, 1.807) is 0 Å². The van der Waals surface area contributed by atoms with E-state index < -0.39 is 0 Å². The van der Waals surface area contributed by atoms with Crippen LogP contribution in [-0.2, 0) is 0 Å². The van der Waals surface area contributed by atoms with Gasteiger partial charge in [-0.3, -0.25) is 0 Å². The number of benzene rings is 1. The fraction of sp³-hybridized carbons (Fsp3) is 0.0667. The van der Waals surface area contributed by atoms with Gasteiger partial charge in [0.1, 0.15) is 0 Å². The second kappa shape index (κ2) is 2.76. The summed E-state index contributed by atoms with van der Waals surface area (Å²) < 4.78 is 2.21. The van der Waals surface area contributed by atoms with Crippen LogP contribution in [0.3, 0.4) is 0 Å². The van der Waals surface area contributed by atoms with Crippen molar-refractivity contribution >= 4 is 28.4 Å². The minimum Gasteiger partial charge on any atom is -0.323 e. The molecule has 16 heavy (non-hydrogen) atoms. The van der Waals surface area contributed by atoms with Crippen molar-refractivity contribution in [3.63, 3.8) is 0 Å². The van der Waals surface area contributed by atoms with E-state index >= 15 is 0 Å². The SMILES string of the molecule is C1=Cc2ccc3c(cn4cccc34)c2=CC1. The first-order chi connectivity index (χ1) is 7.93. The summed E-state index contributed by atoms with van der Waals surface area (Å²) in [5.41, 5.74) is 2.65. The summed E-state index contributed by atoms with van der Waals surface area (Å²) in [6.07, 6.45) is 12.1. The van der Waals surface area contributed by atoms with Gasteiger partial charge in [0.05, 0.1) is 5.52 Å². The number of fused-ring (bicyclic) bond motifs is 5. The first-order valence-electron chi connectivity index (χ1n) is 5.62. The Morgan fingerprint density at radius 3 is 3.06 bits per heavy atom. The topological polar surface area (TPSA) is 4.41 Å². The molecule has 0 saturated carbocycles. The molecule has 1 aromatic carbocycles. The number of allylic oxidation sites excluding steroid dienone is 1. The lowest BCUT2D eigenvalue weighted by atomic mass is 10.0. The lowest BCUT2D eigenvalue weighted by Gasteiger charge is -2.02. The number of rotatable bonds is 0. The lowest BCUT2D eigenvalue weighted by Crippen LogP contribution is -2.07. The first-order valence-corrected chi connectivity index (χ1v) is 5.62. The Morgan fingerprint density at radius 1 is 1.06 bits per heavy atom. The molecule has 76 valence electrons. The molecule has 2 aromatic heterocycles. The van der Waals surface area contributed by atoms with Gasteiger partial charge in [-0.2, -0.15) is 0 Å². The van der Waals surface area contributed by atoms with Crippen molar-refractivity contribution in [1.82, 2.24) is 4.40 Å². The van der Waals surface area contributed by atoms with E-state index in [9.17, 15) is 0 Å². The molecule has 0 amide bonds. The van der Waals surface area contributed by atoms with E-state index in [1.165, 1.54) is 27.1 Å². The van der Waals surface area contributed by atoms with Crippen LogP contribution >= 0.6 is 0 Å². The Labute approximate surface area is 93.3 Å². The molecular weight excluding hydrogens is 194 g/mol. The summed E-state index contributed by atoms with van der Waals surface area (Å²) in [7, 11) is 0. The van der Waals surface area contributed by atoms with Crippen molar-refractivity contribution in [2.24, 2.45) is 0 Å². The molecular formula is C15H11N. The standard InChI is InChI=1S/C15H11N/c1-2-5-12-11(4-1)7-8-13-14(12)10-16-9-3-6-15(13)16/h1,3-10H,2H2. The lowest BCUT2D eigenvalue weighted by molar-refractivity contribution is 1.24. The van der Waals surface area contributed by atoms with Crippen molar-refractivity contribution in [2.75, 3.05) is 0 Å². The number of nitrogens with zero attached hydrogens (tertiary/aromatic N) is 1. The predicted molar refractivity (Wildman–Crippen MR) is 68.2 cm³/mol. The molecule has 1 heteroatoms. The van der Waals surface area contributed by atoms with Gasteiger partial charge >= 0.3 is 0 Å².